The maximum absolute atomic E-state index is 12.3. The van der Waals surface area contributed by atoms with Crippen molar-refractivity contribution in [2.45, 2.75) is 20.3 Å². The van der Waals surface area contributed by atoms with E-state index in [1.54, 1.807) is 12.1 Å². The van der Waals surface area contributed by atoms with E-state index in [-0.39, 0.29) is 24.8 Å². The van der Waals surface area contributed by atoms with Crippen molar-refractivity contribution in [3.05, 3.63) is 69.8 Å². The van der Waals surface area contributed by atoms with Crippen molar-refractivity contribution < 1.29 is 9.59 Å². The van der Waals surface area contributed by atoms with Gasteiger partial charge < -0.3 is 10.6 Å². The number of carbonyl (C=O) groups excluding carboxylic acids is 2. The molecule has 5 nitrogen and oxygen atoms in total. The highest BCUT2D eigenvalue weighted by Crippen LogP contribution is 2.22. The molecule has 27 heavy (non-hydrogen) atoms. The topological polar surface area (TPSA) is 71.1 Å². The molecule has 2 amide bonds. The smallest absolute Gasteiger partial charge is 0.243 e. The fraction of sp³-hybridized carbons (Fsp3) is 0.190. The summed E-state index contributed by atoms with van der Waals surface area (Å²) in [6, 6.07) is 15.1. The summed E-state index contributed by atoms with van der Waals surface area (Å²) in [5, 5.41) is 6.47. The standard InChI is InChI=1S/C21H20BrN3O2/c1-13-17-5-3-4-6-19(17)24-14(2)18(13)11-20(26)23-12-21(27)25-16-9-7-15(22)8-10-16/h3-10H,11-12H2,1-2H3,(H,23,26)(H,25,27). The first kappa shape index (κ1) is 19.0. The van der Waals surface area contributed by atoms with Crippen LogP contribution in [-0.4, -0.2) is 23.3 Å². The van der Waals surface area contributed by atoms with Gasteiger partial charge in [0, 0.05) is 21.2 Å². The number of hydrogen-bond donors (Lipinski definition) is 2. The van der Waals surface area contributed by atoms with Crippen LogP contribution in [0.3, 0.4) is 0 Å². The van der Waals surface area contributed by atoms with Gasteiger partial charge in [0.25, 0.3) is 0 Å². The molecular formula is C21H20BrN3O2. The molecule has 0 aliphatic carbocycles. The van der Waals surface area contributed by atoms with Gasteiger partial charge in [0.15, 0.2) is 0 Å². The van der Waals surface area contributed by atoms with Crippen LogP contribution in [-0.2, 0) is 16.0 Å². The summed E-state index contributed by atoms with van der Waals surface area (Å²) in [5.74, 6) is -0.472. The van der Waals surface area contributed by atoms with E-state index in [1.165, 1.54) is 0 Å². The molecule has 0 saturated carbocycles. The Kier molecular flexibility index (Phi) is 5.86. The summed E-state index contributed by atoms with van der Waals surface area (Å²) in [5.41, 5.74) is 4.39. The van der Waals surface area contributed by atoms with Gasteiger partial charge in [-0.3, -0.25) is 14.6 Å². The lowest BCUT2D eigenvalue weighted by Gasteiger charge is -2.13. The van der Waals surface area contributed by atoms with Gasteiger partial charge >= 0.3 is 0 Å². The van der Waals surface area contributed by atoms with Gasteiger partial charge in [0.05, 0.1) is 18.5 Å². The molecule has 0 atom stereocenters. The van der Waals surface area contributed by atoms with Crippen molar-refractivity contribution >= 4 is 44.3 Å². The zero-order valence-electron chi connectivity index (χ0n) is 15.2. The van der Waals surface area contributed by atoms with Gasteiger partial charge in [-0.2, -0.15) is 0 Å². The quantitative estimate of drug-likeness (QED) is 0.650. The average Bonchev–Trinajstić information content (AvgIpc) is 2.65. The Balaban J connectivity index is 1.61. The Hall–Kier alpha value is -2.73. The summed E-state index contributed by atoms with van der Waals surface area (Å²) >= 11 is 3.34. The molecule has 0 unspecified atom stereocenters. The molecule has 2 N–H and O–H groups in total. The molecule has 1 heterocycles. The molecule has 3 rings (SSSR count). The van der Waals surface area contributed by atoms with Crippen LogP contribution in [0, 0.1) is 13.8 Å². The minimum atomic E-state index is -0.268. The second-order valence-corrected chi connectivity index (χ2v) is 7.24. The number of nitrogens with one attached hydrogen (secondary N) is 2. The van der Waals surface area contributed by atoms with Crippen LogP contribution in [0.2, 0.25) is 0 Å². The fourth-order valence-electron chi connectivity index (χ4n) is 2.97. The number of aromatic nitrogens is 1. The van der Waals surface area contributed by atoms with E-state index in [2.05, 4.69) is 31.5 Å². The molecule has 2 aromatic carbocycles. The number of fused-ring (bicyclic) bond motifs is 1. The van der Waals surface area contributed by atoms with Gasteiger partial charge in [-0.05, 0) is 55.3 Å². The zero-order chi connectivity index (χ0) is 19.4. The first-order valence-electron chi connectivity index (χ1n) is 8.61. The van der Waals surface area contributed by atoms with Crippen LogP contribution < -0.4 is 10.6 Å². The van der Waals surface area contributed by atoms with Crippen molar-refractivity contribution in [2.24, 2.45) is 0 Å². The molecule has 0 aliphatic rings. The van der Waals surface area contributed by atoms with Crippen molar-refractivity contribution in [1.29, 1.82) is 0 Å². The monoisotopic (exact) mass is 425 g/mol. The van der Waals surface area contributed by atoms with Crippen molar-refractivity contribution in [3.8, 4) is 0 Å². The second-order valence-electron chi connectivity index (χ2n) is 6.33. The molecule has 1 aromatic heterocycles. The van der Waals surface area contributed by atoms with E-state index in [0.717, 1.165) is 32.2 Å². The third kappa shape index (κ3) is 4.71. The SMILES string of the molecule is Cc1nc2ccccc2c(C)c1CC(=O)NCC(=O)Nc1ccc(Br)cc1. The van der Waals surface area contributed by atoms with E-state index in [9.17, 15) is 9.59 Å². The van der Waals surface area contributed by atoms with Crippen LogP contribution in [0.15, 0.2) is 53.0 Å². The molecule has 6 heteroatoms. The van der Waals surface area contributed by atoms with Crippen LogP contribution in [0.5, 0.6) is 0 Å². The van der Waals surface area contributed by atoms with E-state index in [1.807, 2.05) is 50.2 Å². The van der Waals surface area contributed by atoms with Gasteiger partial charge in [-0.1, -0.05) is 34.1 Å². The largest absolute Gasteiger partial charge is 0.347 e. The Bertz CT molecular complexity index is 1000. The normalized spacial score (nSPS) is 10.6. The third-order valence-corrected chi connectivity index (χ3v) is 4.93. The molecule has 0 bridgehead atoms. The number of halogens is 1. The molecule has 3 aromatic rings. The van der Waals surface area contributed by atoms with E-state index in [0.29, 0.717) is 5.69 Å². The van der Waals surface area contributed by atoms with Gasteiger partial charge in [-0.15, -0.1) is 0 Å². The Morgan fingerprint density at radius 1 is 1.00 bits per heavy atom. The lowest BCUT2D eigenvalue weighted by Crippen LogP contribution is -2.34. The first-order chi connectivity index (χ1) is 12.9. The molecule has 0 spiro atoms. The molecule has 138 valence electrons. The van der Waals surface area contributed by atoms with E-state index < -0.39 is 0 Å². The number of aryl methyl sites for hydroxylation is 2. The lowest BCUT2D eigenvalue weighted by molar-refractivity contribution is -0.123. The number of nitrogens with zero attached hydrogens (tertiary/aromatic N) is 1. The summed E-state index contributed by atoms with van der Waals surface area (Å²) in [4.78, 5) is 28.9. The van der Waals surface area contributed by atoms with E-state index >= 15 is 0 Å². The van der Waals surface area contributed by atoms with E-state index in [4.69, 9.17) is 0 Å². The highest BCUT2D eigenvalue weighted by molar-refractivity contribution is 9.10. The average molecular weight is 426 g/mol. The molecular weight excluding hydrogens is 406 g/mol. The van der Waals surface area contributed by atoms with Gasteiger partial charge in [-0.25, -0.2) is 0 Å². The third-order valence-electron chi connectivity index (χ3n) is 4.40. The Morgan fingerprint density at radius 2 is 1.70 bits per heavy atom. The summed E-state index contributed by atoms with van der Waals surface area (Å²) in [7, 11) is 0. The highest BCUT2D eigenvalue weighted by atomic mass is 79.9. The minimum Gasteiger partial charge on any atom is -0.347 e. The summed E-state index contributed by atoms with van der Waals surface area (Å²) < 4.78 is 0.934. The number of rotatable bonds is 5. The van der Waals surface area contributed by atoms with Crippen molar-refractivity contribution in [2.75, 3.05) is 11.9 Å². The molecule has 0 aliphatic heterocycles. The number of anilines is 1. The van der Waals surface area contributed by atoms with Gasteiger partial charge in [0.1, 0.15) is 0 Å². The predicted octanol–water partition coefficient (Wildman–Crippen LogP) is 3.91. The first-order valence-corrected chi connectivity index (χ1v) is 9.40. The number of hydrogen-bond acceptors (Lipinski definition) is 3. The van der Waals surface area contributed by atoms with Crippen molar-refractivity contribution in [3.63, 3.8) is 0 Å². The maximum Gasteiger partial charge on any atom is 0.243 e. The molecule has 0 saturated heterocycles. The van der Waals surface area contributed by atoms with Crippen LogP contribution in [0.4, 0.5) is 5.69 Å². The highest BCUT2D eigenvalue weighted by Gasteiger charge is 2.13. The zero-order valence-corrected chi connectivity index (χ0v) is 16.8. The van der Waals surface area contributed by atoms with Gasteiger partial charge in [0.2, 0.25) is 11.8 Å². The van der Waals surface area contributed by atoms with Crippen LogP contribution in [0.1, 0.15) is 16.8 Å². The minimum absolute atomic E-state index is 0.0754. The number of amides is 2. The van der Waals surface area contributed by atoms with Crippen molar-refractivity contribution in [1.82, 2.24) is 10.3 Å². The number of para-hydroxylation sites is 1. The van der Waals surface area contributed by atoms with Crippen LogP contribution >= 0.6 is 15.9 Å². The lowest BCUT2D eigenvalue weighted by atomic mass is 9.99. The maximum atomic E-state index is 12.3. The summed E-state index contributed by atoms with van der Waals surface area (Å²) in [6.07, 6.45) is 0.196. The van der Waals surface area contributed by atoms with Crippen LogP contribution in [0.25, 0.3) is 10.9 Å². The second kappa shape index (κ2) is 8.31. The number of pyridine rings is 1. The molecule has 0 radical (unpaired) electrons. The number of carbonyl (C=O) groups is 2. The predicted molar refractivity (Wildman–Crippen MR) is 111 cm³/mol. The Morgan fingerprint density at radius 3 is 2.44 bits per heavy atom. The number of benzene rings is 2. The fourth-order valence-corrected chi connectivity index (χ4v) is 3.24. The Labute approximate surface area is 166 Å². The molecule has 0 fully saturated rings. The summed E-state index contributed by atoms with van der Waals surface area (Å²) in [6.45, 7) is 3.83.